The average molecular weight is 263 g/mol. The van der Waals surface area contributed by atoms with Gasteiger partial charge >= 0.3 is 0 Å². The fraction of sp³-hybridized carbons (Fsp3) is 0.938. The van der Waals surface area contributed by atoms with Crippen molar-refractivity contribution in [2.24, 2.45) is 11.8 Å². The minimum Gasteiger partial charge on any atom is -0.312 e. The van der Waals surface area contributed by atoms with Crippen molar-refractivity contribution in [3.05, 3.63) is 0 Å². The van der Waals surface area contributed by atoms with Gasteiger partial charge in [0.1, 0.15) is 0 Å². The lowest BCUT2D eigenvalue weighted by atomic mass is 9.96. The summed E-state index contributed by atoms with van der Waals surface area (Å²) in [6.07, 6.45) is 8.86. The van der Waals surface area contributed by atoms with Gasteiger partial charge in [0, 0.05) is 12.6 Å². The third-order valence-corrected chi connectivity index (χ3v) is 4.68. The molecule has 1 aliphatic carbocycles. The Morgan fingerprint density at radius 2 is 1.89 bits per heavy atom. The number of hydrogen-bond donors (Lipinski definition) is 1. The molecule has 3 heteroatoms. The zero-order valence-corrected chi connectivity index (χ0v) is 12.4. The quantitative estimate of drug-likeness (QED) is 0.775. The van der Waals surface area contributed by atoms with Gasteiger partial charge in [-0.25, -0.2) is 0 Å². The van der Waals surface area contributed by atoms with Crippen LogP contribution in [0.4, 0.5) is 0 Å². The van der Waals surface area contributed by atoms with Crippen LogP contribution in [0.15, 0.2) is 0 Å². The lowest BCUT2D eigenvalue weighted by molar-refractivity contribution is 0.270. The maximum atomic E-state index is 9.28. The summed E-state index contributed by atoms with van der Waals surface area (Å²) >= 11 is 0. The molecule has 0 spiro atoms. The number of likely N-dealkylation sites (tertiary alicyclic amines) is 1. The fourth-order valence-corrected chi connectivity index (χ4v) is 3.53. The Morgan fingerprint density at radius 3 is 2.63 bits per heavy atom. The van der Waals surface area contributed by atoms with Crippen LogP contribution in [-0.4, -0.2) is 37.1 Å². The van der Waals surface area contributed by atoms with Crippen molar-refractivity contribution in [2.75, 3.05) is 26.2 Å². The highest BCUT2D eigenvalue weighted by atomic mass is 15.1. The largest absolute Gasteiger partial charge is 0.312 e. The highest BCUT2D eigenvalue weighted by Crippen LogP contribution is 2.23. The van der Waals surface area contributed by atoms with Crippen molar-refractivity contribution in [2.45, 2.75) is 57.9 Å². The Balaban J connectivity index is 1.71. The average Bonchev–Trinajstić information content (AvgIpc) is 2.80. The lowest BCUT2D eigenvalue weighted by Gasteiger charge is -2.25. The summed E-state index contributed by atoms with van der Waals surface area (Å²) in [7, 11) is 0. The minimum absolute atomic E-state index is 0.237. The van der Waals surface area contributed by atoms with Crippen LogP contribution in [0.25, 0.3) is 0 Å². The van der Waals surface area contributed by atoms with Crippen molar-refractivity contribution in [3.63, 3.8) is 0 Å². The minimum atomic E-state index is 0.237. The normalized spacial score (nSPS) is 30.7. The molecule has 0 amide bonds. The van der Waals surface area contributed by atoms with Crippen LogP contribution in [0.2, 0.25) is 0 Å². The summed E-state index contributed by atoms with van der Waals surface area (Å²) in [4.78, 5) is 2.58. The fourth-order valence-electron chi connectivity index (χ4n) is 3.53. The van der Waals surface area contributed by atoms with E-state index in [0.717, 1.165) is 13.0 Å². The number of nitriles is 1. The number of nitrogens with one attached hydrogen (secondary N) is 1. The van der Waals surface area contributed by atoms with E-state index in [9.17, 15) is 5.26 Å². The molecule has 1 saturated heterocycles. The van der Waals surface area contributed by atoms with Crippen molar-refractivity contribution >= 4 is 0 Å². The predicted octanol–water partition coefficient (Wildman–Crippen LogP) is 2.78. The van der Waals surface area contributed by atoms with E-state index in [0.29, 0.717) is 12.0 Å². The van der Waals surface area contributed by atoms with Crippen LogP contribution >= 0.6 is 0 Å². The number of nitrogens with zero attached hydrogens (tertiary/aromatic N) is 2. The van der Waals surface area contributed by atoms with Crippen molar-refractivity contribution in [1.82, 2.24) is 10.2 Å². The van der Waals surface area contributed by atoms with Crippen molar-refractivity contribution in [1.29, 1.82) is 5.26 Å². The van der Waals surface area contributed by atoms with Gasteiger partial charge in [-0.3, -0.25) is 0 Å². The van der Waals surface area contributed by atoms with Crippen LogP contribution in [0.5, 0.6) is 0 Å². The van der Waals surface area contributed by atoms with Crippen molar-refractivity contribution < 1.29 is 0 Å². The van der Waals surface area contributed by atoms with E-state index in [1.165, 1.54) is 58.2 Å². The molecule has 0 bridgehead atoms. The molecule has 0 aromatic rings. The molecule has 0 aromatic heterocycles. The van der Waals surface area contributed by atoms with E-state index in [4.69, 9.17) is 0 Å². The van der Waals surface area contributed by atoms with Crippen LogP contribution in [-0.2, 0) is 0 Å². The molecule has 3 unspecified atom stereocenters. The zero-order chi connectivity index (χ0) is 13.5. The molecule has 0 aromatic carbocycles. The van der Waals surface area contributed by atoms with E-state index < -0.39 is 0 Å². The predicted molar refractivity (Wildman–Crippen MR) is 78.8 cm³/mol. The molecule has 1 N–H and O–H groups in total. The number of rotatable bonds is 5. The molecule has 3 atom stereocenters. The van der Waals surface area contributed by atoms with E-state index in [-0.39, 0.29) is 5.92 Å². The highest BCUT2D eigenvalue weighted by Gasteiger charge is 2.23. The molecule has 3 nitrogen and oxygen atoms in total. The number of hydrogen-bond acceptors (Lipinski definition) is 3. The molecular formula is C16H29N3. The Labute approximate surface area is 118 Å². The van der Waals surface area contributed by atoms with Crippen LogP contribution in [0.3, 0.4) is 0 Å². The molecular weight excluding hydrogens is 234 g/mol. The first-order valence-corrected chi connectivity index (χ1v) is 8.15. The summed E-state index contributed by atoms with van der Waals surface area (Å²) in [6.45, 7) is 7.20. The monoisotopic (exact) mass is 263 g/mol. The van der Waals surface area contributed by atoms with Gasteiger partial charge in [-0.15, -0.1) is 0 Å². The second kappa shape index (κ2) is 7.87. The summed E-state index contributed by atoms with van der Waals surface area (Å²) < 4.78 is 0. The highest BCUT2D eigenvalue weighted by molar-refractivity contribution is 4.93. The van der Waals surface area contributed by atoms with Gasteiger partial charge in [-0.1, -0.05) is 26.2 Å². The van der Waals surface area contributed by atoms with Crippen LogP contribution < -0.4 is 5.32 Å². The van der Waals surface area contributed by atoms with Gasteiger partial charge in [0.25, 0.3) is 0 Å². The summed E-state index contributed by atoms with van der Waals surface area (Å²) in [5.41, 5.74) is 0. The molecule has 19 heavy (non-hydrogen) atoms. The Bertz CT molecular complexity index is 291. The van der Waals surface area contributed by atoms with E-state index in [1.54, 1.807) is 0 Å². The van der Waals surface area contributed by atoms with Gasteiger partial charge in [0.2, 0.25) is 0 Å². The van der Waals surface area contributed by atoms with Gasteiger partial charge in [-0.05, 0) is 51.2 Å². The van der Waals surface area contributed by atoms with E-state index >= 15 is 0 Å². The Morgan fingerprint density at radius 1 is 1.16 bits per heavy atom. The molecule has 1 heterocycles. The zero-order valence-electron chi connectivity index (χ0n) is 12.4. The summed E-state index contributed by atoms with van der Waals surface area (Å²) in [5, 5.41) is 13.0. The van der Waals surface area contributed by atoms with Gasteiger partial charge in [-0.2, -0.15) is 5.26 Å². The molecule has 1 saturated carbocycles. The lowest BCUT2D eigenvalue weighted by Crippen LogP contribution is -2.40. The molecule has 0 radical (unpaired) electrons. The SMILES string of the molecule is CC(CNC1CCCCCC1C#N)CN1CCCC1. The first-order chi connectivity index (χ1) is 9.29. The first-order valence-electron chi connectivity index (χ1n) is 8.15. The Hall–Kier alpha value is -0.590. The Kier molecular flexibility index (Phi) is 6.13. The summed E-state index contributed by atoms with van der Waals surface area (Å²) in [5.74, 6) is 0.933. The first kappa shape index (κ1) is 14.8. The second-order valence-electron chi connectivity index (χ2n) is 6.50. The van der Waals surface area contributed by atoms with E-state index in [1.807, 2.05) is 0 Å². The van der Waals surface area contributed by atoms with Crippen LogP contribution in [0, 0.1) is 23.2 Å². The topological polar surface area (TPSA) is 39.1 Å². The third-order valence-electron chi connectivity index (χ3n) is 4.68. The maximum Gasteiger partial charge on any atom is 0.0672 e. The smallest absolute Gasteiger partial charge is 0.0672 e. The van der Waals surface area contributed by atoms with Crippen LogP contribution in [0.1, 0.15) is 51.9 Å². The molecule has 1 aliphatic heterocycles. The standard InChI is InChI=1S/C16H29N3/c1-14(13-19-9-5-6-10-19)12-18-16-8-4-2-3-7-15(16)11-17/h14-16,18H,2-10,12-13H2,1H3. The molecule has 108 valence electrons. The molecule has 2 fully saturated rings. The third kappa shape index (κ3) is 4.78. The van der Waals surface area contributed by atoms with E-state index in [2.05, 4.69) is 23.2 Å². The summed E-state index contributed by atoms with van der Waals surface area (Å²) in [6, 6.07) is 2.96. The second-order valence-corrected chi connectivity index (χ2v) is 6.50. The maximum absolute atomic E-state index is 9.28. The molecule has 2 aliphatic rings. The van der Waals surface area contributed by atoms with Gasteiger partial charge < -0.3 is 10.2 Å². The van der Waals surface area contributed by atoms with Gasteiger partial charge in [0.05, 0.1) is 12.0 Å². The van der Waals surface area contributed by atoms with Crippen molar-refractivity contribution in [3.8, 4) is 6.07 Å². The molecule has 2 rings (SSSR count). The van der Waals surface area contributed by atoms with Gasteiger partial charge in [0.15, 0.2) is 0 Å².